The number of fused-ring (bicyclic) bond motifs is 3. The highest BCUT2D eigenvalue weighted by Gasteiger charge is 2.42. The van der Waals surface area contributed by atoms with Crippen molar-refractivity contribution < 1.29 is 19.0 Å². The number of carbonyl (C=O) groups excluding carboxylic acids is 1. The van der Waals surface area contributed by atoms with E-state index < -0.39 is 0 Å². The van der Waals surface area contributed by atoms with Crippen LogP contribution in [0.2, 0.25) is 0 Å². The van der Waals surface area contributed by atoms with E-state index >= 15 is 0 Å². The zero-order valence-electron chi connectivity index (χ0n) is 19.5. The number of methoxy groups -OCH3 is 2. The third-order valence-corrected chi connectivity index (χ3v) is 6.78. The van der Waals surface area contributed by atoms with E-state index in [4.69, 9.17) is 19.3 Å². The Morgan fingerprint density at radius 2 is 2.03 bits per heavy atom. The summed E-state index contributed by atoms with van der Waals surface area (Å²) in [5.41, 5.74) is 3.20. The van der Waals surface area contributed by atoms with E-state index in [1.807, 2.05) is 36.9 Å². The standard InChI is InChI=1S/C24H34N4O4/c1-5-9-25-24(29)32-15-18-11-16-8-10-28(18)14-19(16)21-13-20(26-27(21)2)17-6-7-22(30-3)23(12-17)31-4/h6-7,12-13,16,18-19H,5,8-11,14-15H2,1-4H3,(H,25,29)/t16-,18+,19-/m0/s1. The highest BCUT2D eigenvalue weighted by Crippen LogP contribution is 2.43. The molecule has 1 unspecified atom stereocenters. The van der Waals surface area contributed by atoms with Crippen molar-refractivity contribution in [1.82, 2.24) is 20.0 Å². The van der Waals surface area contributed by atoms with Crippen LogP contribution in [0.5, 0.6) is 11.5 Å². The molecule has 4 atom stereocenters. The van der Waals surface area contributed by atoms with E-state index in [2.05, 4.69) is 16.3 Å². The molecule has 0 aliphatic carbocycles. The Morgan fingerprint density at radius 3 is 2.72 bits per heavy atom. The van der Waals surface area contributed by atoms with Crippen LogP contribution in [0, 0.1) is 5.92 Å². The number of aryl methyl sites for hydroxylation is 1. The largest absolute Gasteiger partial charge is 0.493 e. The number of nitrogens with zero attached hydrogens (tertiary/aromatic N) is 3. The summed E-state index contributed by atoms with van der Waals surface area (Å²) in [6, 6.07) is 8.41. The van der Waals surface area contributed by atoms with Crippen molar-refractivity contribution in [3.8, 4) is 22.8 Å². The van der Waals surface area contributed by atoms with E-state index in [1.54, 1.807) is 14.2 Å². The Morgan fingerprint density at radius 1 is 1.22 bits per heavy atom. The maximum absolute atomic E-state index is 11.8. The van der Waals surface area contributed by atoms with Gasteiger partial charge in [0.1, 0.15) is 6.61 Å². The predicted molar refractivity (Wildman–Crippen MR) is 122 cm³/mol. The van der Waals surface area contributed by atoms with Crippen LogP contribution >= 0.6 is 0 Å². The molecule has 1 N–H and O–H groups in total. The van der Waals surface area contributed by atoms with Gasteiger partial charge in [0.25, 0.3) is 0 Å². The van der Waals surface area contributed by atoms with Crippen molar-refractivity contribution in [3.05, 3.63) is 30.0 Å². The number of carbonyl (C=O) groups is 1. The monoisotopic (exact) mass is 442 g/mol. The lowest BCUT2D eigenvalue weighted by Crippen LogP contribution is -2.54. The third-order valence-electron chi connectivity index (χ3n) is 6.78. The molecule has 4 heterocycles. The summed E-state index contributed by atoms with van der Waals surface area (Å²) in [5, 5.41) is 7.59. The lowest BCUT2D eigenvalue weighted by Gasteiger charge is -2.49. The van der Waals surface area contributed by atoms with Crippen LogP contribution < -0.4 is 14.8 Å². The fourth-order valence-corrected chi connectivity index (χ4v) is 5.06. The summed E-state index contributed by atoms with van der Waals surface area (Å²) < 4.78 is 18.3. The highest BCUT2D eigenvalue weighted by molar-refractivity contribution is 5.67. The minimum absolute atomic E-state index is 0.302. The molecule has 8 heteroatoms. The Labute approximate surface area is 189 Å². The minimum Gasteiger partial charge on any atom is -0.493 e. The number of ether oxygens (including phenoxy) is 3. The first-order chi connectivity index (χ1) is 15.5. The van der Waals surface area contributed by atoms with E-state index in [-0.39, 0.29) is 6.09 Å². The number of benzene rings is 1. The van der Waals surface area contributed by atoms with Gasteiger partial charge in [-0.3, -0.25) is 9.58 Å². The van der Waals surface area contributed by atoms with Crippen LogP contribution in [-0.4, -0.2) is 67.3 Å². The van der Waals surface area contributed by atoms with E-state index in [1.165, 1.54) is 12.1 Å². The smallest absolute Gasteiger partial charge is 0.407 e. The molecular formula is C24H34N4O4. The average molecular weight is 443 g/mol. The Hall–Kier alpha value is -2.74. The molecule has 32 heavy (non-hydrogen) atoms. The van der Waals surface area contributed by atoms with Crippen molar-refractivity contribution in [2.24, 2.45) is 13.0 Å². The molecule has 0 radical (unpaired) electrons. The zero-order valence-corrected chi connectivity index (χ0v) is 19.5. The molecule has 3 aliphatic rings. The summed E-state index contributed by atoms with van der Waals surface area (Å²) in [5.74, 6) is 2.41. The molecule has 5 rings (SSSR count). The number of piperidine rings is 3. The first-order valence-corrected chi connectivity index (χ1v) is 11.4. The van der Waals surface area contributed by atoms with Crippen molar-refractivity contribution in [3.63, 3.8) is 0 Å². The van der Waals surface area contributed by atoms with E-state index in [9.17, 15) is 4.79 Å². The quantitative estimate of drug-likeness (QED) is 0.675. The lowest BCUT2D eigenvalue weighted by molar-refractivity contribution is -0.00414. The molecular weight excluding hydrogens is 408 g/mol. The second kappa shape index (κ2) is 9.81. The molecule has 1 aromatic heterocycles. The van der Waals surface area contributed by atoms with Crippen LogP contribution in [-0.2, 0) is 11.8 Å². The van der Waals surface area contributed by atoms with Gasteiger partial charge in [0.15, 0.2) is 11.5 Å². The topological polar surface area (TPSA) is 77.8 Å². The van der Waals surface area contributed by atoms with Gasteiger partial charge in [0.2, 0.25) is 0 Å². The first kappa shape index (κ1) is 22.5. The summed E-state index contributed by atoms with van der Waals surface area (Å²) in [4.78, 5) is 14.3. The number of hydrogen-bond acceptors (Lipinski definition) is 6. The maximum atomic E-state index is 11.8. The molecule has 3 saturated heterocycles. The van der Waals surface area contributed by atoms with Crippen molar-refractivity contribution in [2.45, 2.75) is 38.1 Å². The van der Waals surface area contributed by atoms with Crippen LogP contribution in [0.1, 0.15) is 37.8 Å². The number of nitrogens with one attached hydrogen (secondary N) is 1. The third kappa shape index (κ3) is 4.55. The zero-order chi connectivity index (χ0) is 22.7. The van der Waals surface area contributed by atoms with Crippen LogP contribution in [0.15, 0.2) is 24.3 Å². The van der Waals surface area contributed by atoms with Gasteiger partial charge >= 0.3 is 6.09 Å². The number of amides is 1. The van der Waals surface area contributed by atoms with Crippen LogP contribution in [0.25, 0.3) is 11.3 Å². The lowest BCUT2D eigenvalue weighted by atomic mass is 9.74. The fourth-order valence-electron chi connectivity index (χ4n) is 5.06. The molecule has 3 fully saturated rings. The summed E-state index contributed by atoms with van der Waals surface area (Å²) in [6.45, 7) is 5.18. The molecule has 2 bridgehead atoms. The number of alkyl carbamates (subject to hydrolysis) is 1. The molecule has 0 saturated carbocycles. The highest BCUT2D eigenvalue weighted by atomic mass is 16.5. The molecule has 8 nitrogen and oxygen atoms in total. The molecule has 1 aromatic carbocycles. The predicted octanol–water partition coefficient (Wildman–Crippen LogP) is 3.42. The van der Waals surface area contributed by atoms with Crippen molar-refractivity contribution >= 4 is 6.09 Å². The Kier molecular flexibility index (Phi) is 6.89. The molecule has 1 amide bonds. The molecule has 174 valence electrons. The van der Waals surface area contributed by atoms with Gasteiger partial charge in [0.05, 0.1) is 19.9 Å². The van der Waals surface area contributed by atoms with Gasteiger partial charge in [-0.15, -0.1) is 0 Å². The van der Waals surface area contributed by atoms with E-state index in [0.717, 1.165) is 37.2 Å². The van der Waals surface area contributed by atoms with Gasteiger partial charge in [-0.2, -0.15) is 5.10 Å². The van der Waals surface area contributed by atoms with Gasteiger partial charge in [-0.25, -0.2) is 4.79 Å². The summed E-state index contributed by atoms with van der Waals surface area (Å²) >= 11 is 0. The van der Waals surface area contributed by atoms with Gasteiger partial charge in [-0.05, 0) is 56.0 Å². The summed E-state index contributed by atoms with van der Waals surface area (Å²) in [6.07, 6.45) is 2.81. The maximum Gasteiger partial charge on any atom is 0.407 e. The second-order valence-electron chi connectivity index (χ2n) is 8.71. The number of rotatable bonds is 8. The normalized spacial score (nSPS) is 24.2. The Bertz CT molecular complexity index is 944. The van der Waals surface area contributed by atoms with Crippen LogP contribution in [0.3, 0.4) is 0 Å². The molecule has 3 aliphatic heterocycles. The van der Waals surface area contributed by atoms with Gasteiger partial charge in [-0.1, -0.05) is 6.92 Å². The minimum atomic E-state index is -0.308. The average Bonchev–Trinajstić information content (AvgIpc) is 3.22. The van der Waals surface area contributed by atoms with Gasteiger partial charge in [0, 0.05) is 43.4 Å². The first-order valence-electron chi connectivity index (χ1n) is 11.4. The van der Waals surface area contributed by atoms with Gasteiger partial charge < -0.3 is 19.5 Å². The van der Waals surface area contributed by atoms with Crippen molar-refractivity contribution in [2.75, 3.05) is 40.5 Å². The SMILES string of the molecule is CCCNC(=O)OC[C@H]1C[C@@H]2CCN1C[C@@H]2c1cc(-c2ccc(OC)c(OC)c2)nn1C. The van der Waals surface area contributed by atoms with E-state index in [0.29, 0.717) is 42.5 Å². The second-order valence-corrected chi connectivity index (χ2v) is 8.71. The molecule has 0 spiro atoms. The Balaban J connectivity index is 1.45. The summed E-state index contributed by atoms with van der Waals surface area (Å²) in [7, 11) is 5.31. The van der Waals surface area contributed by atoms with Crippen LogP contribution in [0.4, 0.5) is 4.79 Å². The fraction of sp³-hybridized carbons (Fsp3) is 0.583. The van der Waals surface area contributed by atoms with Crippen molar-refractivity contribution in [1.29, 1.82) is 0 Å². The number of aromatic nitrogens is 2. The number of hydrogen-bond donors (Lipinski definition) is 1. The molecule has 2 aromatic rings.